The minimum absolute atomic E-state index is 1.04. The molecule has 2 nitrogen and oxygen atoms in total. The van der Waals surface area contributed by atoms with Gasteiger partial charge in [-0.3, -0.25) is 0 Å². The predicted molar refractivity (Wildman–Crippen MR) is 39.5 cm³/mol. The van der Waals surface area contributed by atoms with E-state index in [0.717, 1.165) is 13.8 Å². The number of hydrogen-bond donors (Lipinski definition) is 2. The molecule has 4 heteroatoms. The van der Waals surface area contributed by atoms with Crippen LogP contribution in [0.3, 0.4) is 0 Å². The number of nitrogens with two attached hydrogens (primary N) is 1. The molecule has 11 heavy (non-hydrogen) atoms. The Balaban J connectivity index is 4.75. The summed E-state index contributed by atoms with van der Waals surface area (Å²) in [5.41, 5.74) is 1.41. The van der Waals surface area contributed by atoms with Crippen LogP contribution in [0.5, 0.6) is 0 Å². The molecule has 0 atom stereocenters. The Hall–Kier alpha value is -0.220. The standard InChI is InChI=1S/C7H15F2NO/c1-5(2,10)7(8,9)6(3,4)11/h11H,10H2,1-4H3. The molecule has 0 aromatic carbocycles. The molecule has 0 bridgehead atoms. The van der Waals surface area contributed by atoms with Gasteiger partial charge in [0.1, 0.15) is 5.60 Å². The van der Waals surface area contributed by atoms with Gasteiger partial charge in [0, 0.05) is 0 Å². The molecule has 0 aliphatic rings. The first-order valence-electron chi connectivity index (χ1n) is 3.39. The quantitative estimate of drug-likeness (QED) is 0.647. The highest BCUT2D eigenvalue weighted by Gasteiger charge is 2.55. The lowest BCUT2D eigenvalue weighted by Gasteiger charge is -2.38. The monoisotopic (exact) mass is 167 g/mol. The maximum absolute atomic E-state index is 13.1. The van der Waals surface area contributed by atoms with Crippen molar-refractivity contribution >= 4 is 0 Å². The van der Waals surface area contributed by atoms with Gasteiger partial charge in [-0.25, -0.2) is 8.78 Å². The van der Waals surface area contributed by atoms with Crippen LogP contribution < -0.4 is 5.73 Å². The van der Waals surface area contributed by atoms with Gasteiger partial charge >= 0.3 is 0 Å². The Bertz CT molecular complexity index is 128. The molecule has 0 saturated heterocycles. The summed E-state index contributed by atoms with van der Waals surface area (Å²) < 4.78 is 26.1. The summed E-state index contributed by atoms with van der Waals surface area (Å²) in [6.07, 6.45) is 0. The average molecular weight is 167 g/mol. The van der Waals surface area contributed by atoms with Crippen molar-refractivity contribution in [3.05, 3.63) is 0 Å². The Morgan fingerprint density at radius 1 is 1.09 bits per heavy atom. The lowest BCUT2D eigenvalue weighted by molar-refractivity contribution is -0.194. The summed E-state index contributed by atoms with van der Waals surface area (Å²) in [4.78, 5) is 0. The van der Waals surface area contributed by atoms with Crippen molar-refractivity contribution in [1.82, 2.24) is 0 Å². The van der Waals surface area contributed by atoms with Gasteiger partial charge in [0.15, 0.2) is 0 Å². The average Bonchev–Trinajstić information content (AvgIpc) is 1.58. The van der Waals surface area contributed by atoms with Crippen LogP contribution in [0.4, 0.5) is 8.78 Å². The van der Waals surface area contributed by atoms with Crippen LogP contribution in [0.1, 0.15) is 27.7 Å². The molecule has 0 aromatic heterocycles. The summed E-state index contributed by atoms with van der Waals surface area (Å²) in [5.74, 6) is -3.29. The Morgan fingerprint density at radius 2 is 1.36 bits per heavy atom. The fourth-order valence-corrected chi connectivity index (χ4v) is 0.788. The maximum Gasteiger partial charge on any atom is 0.292 e. The van der Waals surface area contributed by atoms with Crippen LogP contribution in [0.15, 0.2) is 0 Å². The molecule has 0 unspecified atom stereocenters. The smallest absolute Gasteiger partial charge is 0.292 e. The van der Waals surface area contributed by atoms with Crippen molar-refractivity contribution < 1.29 is 13.9 Å². The lowest BCUT2D eigenvalue weighted by Crippen LogP contribution is -2.61. The van der Waals surface area contributed by atoms with Gasteiger partial charge < -0.3 is 10.8 Å². The van der Waals surface area contributed by atoms with Crippen molar-refractivity contribution in [2.24, 2.45) is 5.73 Å². The van der Waals surface area contributed by atoms with Crippen LogP contribution in [0.25, 0.3) is 0 Å². The van der Waals surface area contributed by atoms with E-state index in [4.69, 9.17) is 10.8 Å². The zero-order valence-electron chi connectivity index (χ0n) is 7.28. The molecular formula is C7H15F2NO. The molecule has 3 N–H and O–H groups in total. The summed E-state index contributed by atoms with van der Waals surface area (Å²) in [5, 5.41) is 9.05. The molecule has 0 saturated carbocycles. The number of alkyl halides is 2. The molecule has 0 radical (unpaired) electrons. The fraction of sp³-hybridized carbons (Fsp3) is 1.00. The third-order valence-corrected chi connectivity index (χ3v) is 1.58. The summed E-state index contributed by atoms with van der Waals surface area (Å²) >= 11 is 0. The Labute approximate surface area is 65.4 Å². The third-order valence-electron chi connectivity index (χ3n) is 1.58. The Kier molecular flexibility index (Phi) is 2.34. The van der Waals surface area contributed by atoms with Gasteiger partial charge in [-0.05, 0) is 27.7 Å². The second-order valence-corrected chi connectivity index (χ2v) is 3.86. The lowest BCUT2D eigenvalue weighted by atomic mass is 9.85. The highest BCUT2D eigenvalue weighted by Crippen LogP contribution is 2.36. The van der Waals surface area contributed by atoms with Crippen LogP contribution in [-0.4, -0.2) is 22.2 Å². The maximum atomic E-state index is 13.1. The minimum Gasteiger partial charge on any atom is -0.384 e. The van der Waals surface area contributed by atoms with E-state index in [1.165, 1.54) is 13.8 Å². The van der Waals surface area contributed by atoms with E-state index in [0.29, 0.717) is 0 Å². The molecule has 0 aliphatic carbocycles. The zero-order chi connectivity index (χ0) is 9.50. The second kappa shape index (κ2) is 2.38. The SMILES string of the molecule is CC(C)(N)C(F)(F)C(C)(C)O. The minimum atomic E-state index is -3.29. The molecule has 0 amide bonds. The topological polar surface area (TPSA) is 46.2 Å². The molecule has 0 heterocycles. The zero-order valence-corrected chi connectivity index (χ0v) is 7.28. The normalized spacial score (nSPS) is 15.3. The van der Waals surface area contributed by atoms with Crippen molar-refractivity contribution in [3.63, 3.8) is 0 Å². The highest BCUT2D eigenvalue weighted by atomic mass is 19.3. The van der Waals surface area contributed by atoms with E-state index in [1.54, 1.807) is 0 Å². The number of hydrogen-bond acceptors (Lipinski definition) is 2. The van der Waals surface area contributed by atoms with E-state index in [-0.39, 0.29) is 0 Å². The van der Waals surface area contributed by atoms with E-state index >= 15 is 0 Å². The molecule has 0 spiro atoms. The molecule has 0 aliphatic heterocycles. The Morgan fingerprint density at radius 3 is 1.36 bits per heavy atom. The predicted octanol–water partition coefficient (Wildman–Crippen LogP) is 1.13. The van der Waals surface area contributed by atoms with Gasteiger partial charge in [0.2, 0.25) is 0 Å². The van der Waals surface area contributed by atoms with Gasteiger partial charge in [-0.15, -0.1) is 0 Å². The number of aliphatic hydroxyl groups is 1. The first-order valence-corrected chi connectivity index (χ1v) is 3.39. The molecular weight excluding hydrogens is 152 g/mol. The fourth-order valence-electron chi connectivity index (χ4n) is 0.788. The van der Waals surface area contributed by atoms with Crippen LogP contribution in [0, 0.1) is 0 Å². The van der Waals surface area contributed by atoms with E-state index in [9.17, 15) is 8.78 Å². The summed E-state index contributed by atoms with van der Waals surface area (Å²) in [7, 11) is 0. The van der Waals surface area contributed by atoms with Crippen LogP contribution >= 0.6 is 0 Å². The van der Waals surface area contributed by atoms with E-state index in [1.807, 2.05) is 0 Å². The van der Waals surface area contributed by atoms with Crippen molar-refractivity contribution in [2.45, 2.75) is 44.8 Å². The van der Waals surface area contributed by atoms with Gasteiger partial charge in [0.25, 0.3) is 5.92 Å². The van der Waals surface area contributed by atoms with Crippen molar-refractivity contribution in [1.29, 1.82) is 0 Å². The van der Waals surface area contributed by atoms with Crippen molar-refractivity contribution in [3.8, 4) is 0 Å². The first kappa shape index (κ1) is 10.8. The van der Waals surface area contributed by atoms with Crippen LogP contribution in [0.2, 0.25) is 0 Å². The first-order chi connectivity index (χ1) is 4.50. The molecule has 0 fully saturated rings. The second-order valence-electron chi connectivity index (χ2n) is 3.86. The number of halogens is 2. The molecule has 0 aromatic rings. The van der Waals surface area contributed by atoms with Gasteiger partial charge in [-0.1, -0.05) is 0 Å². The van der Waals surface area contributed by atoms with Crippen molar-refractivity contribution in [2.75, 3.05) is 0 Å². The van der Waals surface area contributed by atoms with E-state index in [2.05, 4.69) is 0 Å². The largest absolute Gasteiger partial charge is 0.384 e. The molecule has 68 valence electrons. The summed E-state index contributed by atoms with van der Waals surface area (Å²) in [6, 6.07) is 0. The van der Waals surface area contributed by atoms with Gasteiger partial charge in [-0.2, -0.15) is 0 Å². The number of rotatable bonds is 2. The van der Waals surface area contributed by atoms with Crippen LogP contribution in [-0.2, 0) is 0 Å². The van der Waals surface area contributed by atoms with E-state index < -0.39 is 17.1 Å². The summed E-state index contributed by atoms with van der Waals surface area (Å²) in [6.45, 7) is 4.46. The molecule has 0 rings (SSSR count). The van der Waals surface area contributed by atoms with Gasteiger partial charge in [0.05, 0.1) is 5.54 Å². The highest BCUT2D eigenvalue weighted by molar-refractivity contribution is 4.99. The third kappa shape index (κ3) is 1.87.